The van der Waals surface area contributed by atoms with Gasteiger partial charge >= 0.3 is 6.09 Å². The van der Waals surface area contributed by atoms with E-state index in [1.165, 1.54) is 0 Å². The van der Waals surface area contributed by atoms with E-state index < -0.39 is 0 Å². The number of carbonyl (C=O) groups is 1. The van der Waals surface area contributed by atoms with Crippen molar-refractivity contribution in [2.75, 3.05) is 13.2 Å². The van der Waals surface area contributed by atoms with Crippen LogP contribution in [0, 0.1) is 5.92 Å². The third-order valence-corrected chi connectivity index (χ3v) is 3.30. The second-order valence-electron chi connectivity index (χ2n) is 5.33. The van der Waals surface area contributed by atoms with Crippen LogP contribution in [0.3, 0.4) is 0 Å². The normalized spacial score (nSPS) is 24.8. The molecule has 0 radical (unpaired) electrons. The number of hydrogen-bond donors (Lipinski definition) is 1. The van der Waals surface area contributed by atoms with Crippen LogP contribution in [-0.2, 0) is 4.74 Å². The molecule has 4 nitrogen and oxygen atoms in total. The lowest BCUT2D eigenvalue weighted by molar-refractivity contribution is 0.0701. The molecule has 1 saturated carbocycles. The highest BCUT2D eigenvalue weighted by molar-refractivity contribution is 5.68. The lowest BCUT2D eigenvalue weighted by Crippen LogP contribution is -2.44. The molecule has 1 fully saturated rings. The van der Waals surface area contributed by atoms with Gasteiger partial charge in [0.1, 0.15) is 0 Å². The summed E-state index contributed by atoms with van der Waals surface area (Å²) in [6.07, 6.45) is 3.87. The number of carbonyl (C=O) groups excluding carboxylic acids is 1. The molecular weight excluding hydrogens is 216 g/mol. The third-order valence-electron chi connectivity index (χ3n) is 3.30. The van der Waals surface area contributed by atoms with Gasteiger partial charge in [0.05, 0.1) is 6.61 Å². The summed E-state index contributed by atoms with van der Waals surface area (Å²) in [5.41, 5.74) is 5.88. The molecular formula is C13H26N2O2. The highest BCUT2D eigenvalue weighted by Gasteiger charge is 2.27. The van der Waals surface area contributed by atoms with E-state index in [4.69, 9.17) is 10.5 Å². The lowest BCUT2D eigenvalue weighted by atomic mass is 9.91. The lowest BCUT2D eigenvalue weighted by Gasteiger charge is -2.34. The molecule has 0 aromatic carbocycles. The third kappa shape index (κ3) is 4.54. The van der Waals surface area contributed by atoms with Crippen LogP contribution in [0.5, 0.6) is 0 Å². The molecule has 0 unspecified atom stereocenters. The minimum Gasteiger partial charge on any atom is -0.449 e. The van der Waals surface area contributed by atoms with Crippen LogP contribution in [0.2, 0.25) is 0 Å². The average molecular weight is 242 g/mol. The van der Waals surface area contributed by atoms with Crippen molar-refractivity contribution < 1.29 is 9.53 Å². The van der Waals surface area contributed by atoms with Gasteiger partial charge in [-0.05, 0) is 38.5 Å². The smallest absolute Gasteiger partial charge is 0.410 e. The Hall–Kier alpha value is -0.770. The second-order valence-corrected chi connectivity index (χ2v) is 5.33. The Morgan fingerprint density at radius 3 is 2.41 bits per heavy atom. The Kier molecular flexibility index (Phi) is 5.75. The minimum absolute atomic E-state index is 0.165. The number of amides is 1. The van der Waals surface area contributed by atoms with E-state index in [0.717, 1.165) is 32.2 Å². The Labute approximate surface area is 104 Å². The Bertz CT molecular complexity index is 236. The number of rotatable bonds is 4. The zero-order valence-corrected chi connectivity index (χ0v) is 11.3. The van der Waals surface area contributed by atoms with E-state index in [9.17, 15) is 4.79 Å². The van der Waals surface area contributed by atoms with Crippen LogP contribution in [0.15, 0.2) is 0 Å². The van der Waals surface area contributed by atoms with Gasteiger partial charge in [-0.1, -0.05) is 13.8 Å². The van der Waals surface area contributed by atoms with Crippen LogP contribution in [0.4, 0.5) is 4.79 Å². The van der Waals surface area contributed by atoms with Gasteiger partial charge in [-0.15, -0.1) is 0 Å². The zero-order valence-electron chi connectivity index (χ0n) is 11.3. The fraction of sp³-hybridized carbons (Fsp3) is 0.923. The fourth-order valence-electron chi connectivity index (χ4n) is 2.27. The predicted molar refractivity (Wildman–Crippen MR) is 68.8 cm³/mol. The van der Waals surface area contributed by atoms with Gasteiger partial charge in [0, 0.05) is 18.6 Å². The first kappa shape index (κ1) is 14.3. The molecule has 0 aromatic rings. The molecule has 1 aliphatic carbocycles. The summed E-state index contributed by atoms with van der Waals surface area (Å²) < 4.78 is 5.29. The van der Waals surface area contributed by atoms with Crippen LogP contribution in [0.1, 0.15) is 46.5 Å². The molecule has 1 amide bonds. The molecule has 1 rings (SSSR count). The van der Waals surface area contributed by atoms with Gasteiger partial charge < -0.3 is 15.4 Å². The standard InChI is InChI=1S/C13H26N2O2/c1-4-15(13(16)17-9-10(2)3)12-7-5-11(14)6-8-12/h10-12H,4-9,14H2,1-3H3. The first-order chi connectivity index (χ1) is 8.04. The van der Waals surface area contributed by atoms with Crippen molar-refractivity contribution in [2.45, 2.75) is 58.5 Å². The van der Waals surface area contributed by atoms with E-state index in [1.807, 2.05) is 25.7 Å². The highest BCUT2D eigenvalue weighted by Crippen LogP contribution is 2.22. The fourth-order valence-corrected chi connectivity index (χ4v) is 2.27. The minimum atomic E-state index is -0.165. The SMILES string of the molecule is CCN(C(=O)OCC(C)C)C1CCC(N)CC1. The van der Waals surface area contributed by atoms with Gasteiger partial charge in [0.2, 0.25) is 0 Å². The van der Waals surface area contributed by atoms with Gasteiger partial charge in [0.25, 0.3) is 0 Å². The summed E-state index contributed by atoms with van der Waals surface area (Å²) in [6.45, 7) is 7.32. The quantitative estimate of drug-likeness (QED) is 0.823. The van der Waals surface area contributed by atoms with E-state index in [0.29, 0.717) is 24.6 Å². The molecule has 100 valence electrons. The molecule has 0 bridgehead atoms. The Morgan fingerprint density at radius 2 is 1.94 bits per heavy atom. The van der Waals surface area contributed by atoms with Gasteiger partial charge in [-0.25, -0.2) is 4.79 Å². The summed E-state index contributed by atoms with van der Waals surface area (Å²) in [7, 11) is 0. The molecule has 1 aliphatic rings. The van der Waals surface area contributed by atoms with Crippen LogP contribution < -0.4 is 5.73 Å². The van der Waals surface area contributed by atoms with Crippen LogP contribution in [-0.4, -0.2) is 36.2 Å². The zero-order chi connectivity index (χ0) is 12.8. The van der Waals surface area contributed by atoms with E-state index >= 15 is 0 Å². The summed E-state index contributed by atoms with van der Waals surface area (Å²) in [4.78, 5) is 13.8. The molecule has 17 heavy (non-hydrogen) atoms. The Balaban J connectivity index is 2.43. The predicted octanol–water partition coefficient (Wildman–Crippen LogP) is 2.37. The summed E-state index contributed by atoms with van der Waals surface area (Å²) in [6, 6.07) is 0.635. The molecule has 0 aliphatic heterocycles. The van der Waals surface area contributed by atoms with Crippen molar-refractivity contribution in [3.05, 3.63) is 0 Å². The monoisotopic (exact) mass is 242 g/mol. The first-order valence-corrected chi connectivity index (χ1v) is 6.73. The molecule has 4 heteroatoms. The first-order valence-electron chi connectivity index (χ1n) is 6.73. The maximum atomic E-state index is 11.9. The molecule has 0 heterocycles. The van der Waals surface area contributed by atoms with E-state index in [2.05, 4.69) is 0 Å². The Morgan fingerprint density at radius 1 is 1.35 bits per heavy atom. The van der Waals surface area contributed by atoms with Gasteiger partial charge in [-0.3, -0.25) is 0 Å². The van der Waals surface area contributed by atoms with Crippen molar-refractivity contribution in [2.24, 2.45) is 11.7 Å². The maximum absolute atomic E-state index is 11.9. The van der Waals surface area contributed by atoms with Crippen LogP contribution >= 0.6 is 0 Å². The number of hydrogen-bond acceptors (Lipinski definition) is 3. The molecule has 0 saturated heterocycles. The molecule has 0 spiro atoms. The maximum Gasteiger partial charge on any atom is 0.410 e. The van der Waals surface area contributed by atoms with E-state index in [-0.39, 0.29) is 6.09 Å². The molecule has 2 N–H and O–H groups in total. The van der Waals surface area contributed by atoms with Crippen LogP contribution in [0.25, 0.3) is 0 Å². The summed E-state index contributed by atoms with van der Waals surface area (Å²) in [5.74, 6) is 0.387. The topological polar surface area (TPSA) is 55.6 Å². The second kappa shape index (κ2) is 6.84. The number of nitrogens with zero attached hydrogens (tertiary/aromatic N) is 1. The molecule has 0 atom stereocenters. The highest BCUT2D eigenvalue weighted by atomic mass is 16.6. The van der Waals surface area contributed by atoms with Crippen molar-refractivity contribution in [3.8, 4) is 0 Å². The largest absolute Gasteiger partial charge is 0.449 e. The van der Waals surface area contributed by atoms with E-state index in [1.54, 1.807) is 0 Å². The van der Waals surface area contributed by atoms with Crippen molar-refractivity contribution in [1.82, 2.24) is 4.90 Å². The average Bonchev–Trinajstić information content (AvgIpc) is 2.30. The summed E-state index contributed by atoms with van der Waals surface area (Å²) in [5, 5.41) is 0. The van der Waals surface area contributed by atoms with Crippen molar-refractivity contribution in [3.63, 3.8) is 0 Å². The molecule has 0 aromatic heterocycles. The number of ether oxygens (including phenoxy) is 1. The van der Waals surface area contributed by atoms with Gasteiger partial charge in [0.15, 0.2) is 0 Å². The van der Waals surface area contributed by atoms with Crippen molar-refractivity contribution in [1.29, 1.82) is 0 Å². The van der Waals surface area contributed by atoms with Gasteiger partial charge in [-0.2, -0.15) is 0 Å². The summed E-state index contributed by atoms with van der Waals surface area (Å²) >= 11 is 0. The van der Waals surface area contributed by atoms with Crippen molar-refractivity contribution >= 4 is 6.09 Å². The number of nitrogens with two attached hydrogens (primary N) is 1.